The first-order chi connectivity index (χ1) is 7.86. The number of allylic oxidation sites excluding steroid dienone is 1. The number of carbonyl (C=O) groups is 3. The van der Waals surface area contributed by atoms with Gasteiger partial charge >= 0.3 is 0 Å². The largest absolute Gasteiger partial charge is 0.349 e. The fourth-order valence-electron chi connectivity index (χ4n) is 1.53. The maximum Gasteiger partial charge on any atom is 0.223 e. The highest BCUT2D eigenvalue weighted by Gasteiger charge is 2.21. The van der Waals surface area contributed by atoms with Crippen molar-refractivity contribution in [1.82, 2.24) is 5.32 Å². The Kier molecular flexibility index (Phi) is 7.10. The van der Waals surface area contributed by atoms with E-state index in [0.29, 0.717) is 12.3 Å². The predicted octanol–water partition coefficient (Wildman–Crippen LogP) is 1.50. The number of carbonyl (C=O) groups excluding carboxylic acids is 3. The van der Waals surface area contributed by atoms with E-state index in [4.69, 9.17) is 0 Å². The number of nitrogens with one attached hydrogen (secondary N) is 1. The molecule has 1 N–H and O–H groups in total. The van der Waals surface area contributed by atoms with E-state index >= 15 is 0 Å². The molecule has 0 aromatic rings. The summed E-state index contributed by atoms with van der Waals surface area (Å²) in [6.45, 7) is 8.80. The summed E-state index contributed by atoms with van der Waals surface area (Å²) in [7, 11) is 0. The first-order valence-corrected chi connectivity index (χ1v) is 5.79. The standard InChI is InChI=1S/C13H21NO3/c1-5-12(16)7-11(6-9(2)3)13(17)14-8-10(4)15/h5,9,11H,1,6-8H2,2-4H3,(H,14,17). The summed E-state index contributed by atoms with van der Waals surface area (Å²) in [6, 6.07) is 0. The Morgan fingerprint density at radius 2 is 1.88 bits per heavy atom. The van der Waals surface area contributed by atoms with Crippen molar-refractivity contribution in [3.8, 4) is 0 Å². The first-order valence-electron chi connectivity index (χ1n) is 5.79. The zero-order chi connectivity index (χ0) is 13.4. The van der Waals surface area contributed by atoms with Gasteiger partial charge in [0.15, 0.2) is 5.78 Å². The van der Waals surface area contributed by atoms with Crippen molar-refractivity contribution in [3.63, 3.8) is 0 Å². The van der Waals surface area contributed by atoms with Crippen molar-refractivity contribution in [2.75, 3.05) is 6.54 Å². The average molecular weight is 239 g/mol. The molecule has 0 aliphatic heterocycles. The molecule has 1 amide bonds. The van der Waals surface area contributed by atoms with Crippen LogP contribution in [0.4, 0.5) is 0 Å². The molecule has 0 bridgehead atoms. The fourth-order valence-corrected chi connectivity index (χ4v) is 1.53. The quantitative estimate of drug-likeness (QED) is 0.653. The molecule has 0 spiro atoms. The highest BCUT2D eigenvalue weighted by Crippen LogP contribution is 2.16. The third-order valence-electron chi connectivity index (χ3n) is 2.31. The van der Waals surface area contributed by atoms with Crippen molar-refractivity contribution < 1.29 is 14.4 Å². The van der Waals surface area contributed by atoms with Crippen LogP contribution in [0.1, 0.15) is 33.6 Å². The lowest BCUT2D eigenvalue weighted by molar-refractivity contribution is -0.130. The molecule has 1 unspecified atom stereocenters. The monoisotopic (exact) mass is 239 g/mol. The summed E-state index contributed by atoms with van der Waals surface area (Å²) in [5, 5.41) is 2.54. The smallest absolute Gasteiger partial charge is 0.223 e. The molecule has 1 atom stereocenters. The minimum atomic E-state index is -0.375. The molecule has 0 aliphatic carbocycles. The topological polar surface area (TPSA) is 63.2 Å². The number of amides is 1. The van der Waals surface area contributed by atoms with Crippen LogP contribution in [0.2, 0.25) is 0 Å². The van der Waals surface area contributed by atoms with Crippen molar-refractivity contribution in [1.29, 1.82) is 0 Å². The molecule has 96 valence electrons. The Morgan fingerprint density at radius 1 is 1.29 bits per heavy atom. The molecule has 0 fully saturated rings. The van der Waals surface area contributed by atoms with Crippen LogP contribution in [0.25, 0.3) is 0 Å². The second kappa shape index (κ2) is 7.76. The van der Waals surface area contributed by atoms with Crippen molar-refractivity contribution in [3.05, 3.63) is 12.7 Å². The van der Waals surface area contributed by atoms with Crippen molar-refractivity contribution in [2.24, 2.45) is 11.8 Å². The summed E-state index contributed by atoms with van der Waals surface area (Å²) in [4.78, 5) is 33.8. The van der Waals surface area contributed by atoms with Crippen LogP contribution < -0.4 is 5.32 Å². The third-order valence-corrected chi connectivity index (χ3v) is 2.31. The molecule has 17 heavy (non-hydrogen) atoms. The van der Waals surface area contributed by atoms with Crippen LogP contribution in [-0.4, -0.2) is 24.0 Å². The molecule has 0 saturated carbocycles. The van der Waals surface area contributed by atoms with Gasteiger partial charge in [-0.3, -0.25) is 14.4 Å². The highest BCUT2D eigenvalue weighted by atomic mass is 16.2. The Morgan fingerprint density at radius 3 is 2.29 bits per heavy atom. The first kappa shape index (κ1) is 15.6. The van der Waals surface area contributed by atoms with Gasteiger partial charge in [-0.25, -0.2) is 0 Å². The highest BCUT2D eigenvalue weighted by molar-refractivity contribution is 5.94. The van der Waals surface area contributed by atoms with Gasteiger partial charge in [0.25, 0.3) is 0 Å². The van der Waals surface area contributed by atoms with Gasteiger partial charge in [0.2, 0.25) is 5.91 Å². The van der Waals surface area contributed by atoms with E-state index in [2.05, 4.69) is 11.9 Å². The van der Waals surface area contributed by atoms with Crippen LogP contribution in [0.5, 0.6) is 0 Å². The van der Waals surface area contributed by atoms with Gasteiger partial charge < -0.3 is 5.32 Å². The van der Waals surface area contributed by atoms with Crippen molar-refractivity contribution in [2.45, 2.75) is 33.6 Å². The van der Waals surface area contributed by atoms with Crippen LogP contribution in [0.15, 0.2) is 12.7 Å². The number of hydrogen-bond acceptors (Lipinski definition) is 3. The second-order valence-electron chi connectivity index (χ2n) is 4.62. The lowest BCUT2D eigenvalue weighted by Crippen LogP contribution is -2.35. The Hall–Kier alpha value is -1.45. The number of Topliss-reactive ketones (excluding diaryl/α,β-unsaturated/α-hetero) is 1. The summed E-state index contributed by atoms with van der Waals surface area (Å²) < 4.78 is 0. The lowest BCUT2D eigenvalue weighted by atomic mass is 9.91. The molecular weight excluding hydrogens is 218 g/mol. The molecule has 0 radical (unpaired) electrons. The van der Waals surface area contributed by atoms with E-state index in [1.54, 1.807) is 0 Å². The number of rotatable bonds is 8. The number of hydrogen-bond donors (Lipinski definition) is 1. The van der Waals surface area contributed by atoms with Gasteiger partial charge in [-0.2, -0.15) is 0 Å². The Bertz CT molecular complexity index is 308. The minimum absolute atomic E-state index is 0.0235. The van der Waals surface area contributed by atoms with Crippen molar-refractivity contribution >= 4 is 17.5 Å². The summed E-state index contributed by atoms with van der Waals surface area (Å²) in [5.41, 5.74) is 0. The van der Waals surface area contributed by atoms with Gasteiger partial charge in [0.05, 0.1) is 6.54 Å². The van der Waals surface area contributed by atoms with E-state index < -0.39 is 0 Å². The van der Waals surface area contributed by atoms with E-state index in [-0.39, 0.29) is 36.4 Å². The maximum atomic E-state index is 11.8. The Labute approximate surface area is 102 Å². The van der Waals surface area contributed by atoms with Gasteiger partial charge in [-0.1, -0.05) is 20.4 Å². The normalized spacial score (nSPS) is 12.0. The minimum Gasteiger partial charge on any atom is -0.349 e. The maximum absolute atomic E-state index is 11.8. The van der Waals surface area contributed by atoms with Crippen LogP contribution in [-0.2, 0) is 14.4 Å². The van der Waals surface area contributed by atoms with Gasteiger partial charge in [0.1, 0.15) is 5.78 Å². The molecule has 4 heteroatoms. The fraction of sp³-hybridized carbons (Fsp3) is 0.615. The zero-order valence-corrected chi connectivity index (χ0v) is 10.8. The summed E-state index contributed by atoms with van der Waals surface area (Å²) in [5.74, 6) is -0.532. The van der Waals surface area contributed by atoms with Gasteiger partial charge in [-0.05, 0) is 25.3 Å². The van der Waals surface area contributed by atoms with E-state index in [0.717, 1.165) is 0 Å². The molecule has 0 aliphatic rings. The average Bonchev–Trinajstić information content (AvgIpc) is 2.23. The van der Waals surface area contributed by atoms with Gasteiger partial charge in [0, 0.05) is 12.3 Å². The van der Waals surface area contributed by atoms with E-state index in [1.807, 2.05) is 13.8 Å². The number of ketones is 2. The molecular formula is C13H21NO3. The SMILES string of the molecule is C=CC(=O)CC(CC(C)C)C(=O)NCC(C)=O. The molecule has 0 rings (SSSR count). The van der Waals surface area contributed by atoms with E-state index in [9.17, 15) is 14.4 Å². The van der Waals surface area contributed by atoms with Crippen LogP contribution in [0, 0.1) is 11.8 Å². The lowest BCUT2D eigenvalue weighted by Gasteiger charge is -2.17. The Balaban J connectivity index is 4.44. The zero-order valence-electron chi connectivity index (χ0n) is 10.8. The van der Waals surface area contributed by atoms with Crippen LogP contribution in [0.3, 0.4) is 0 Å². The predicted molar refractivity (Wildman–Crippen MR) is 66.5 cm³/mol. The molecule has 4 nitrogen and oxygen atoms in total. The molecule has 0 aromatic heterocycles. The second-order valence-corrected chi connectivity index (χ2v) is 4.62. The van der Waals surface area contributed by atoms with Gasteiger partial charge in [-0.15, -0.1) is 0 Å². The third kappa shape index (κ3) is 7.44. The van der Waals surface area contributed by atoms with Crippen LogP contribution >= 0.6 is 0 Å². The molecule has 0 aromatic carbocycles. The summed E-state index contributed by atoms with van der Waals surface area (Å²) in [6.07, 6.45) is 2.01. The van der Waals surface area contributed by atoms with E-state index in [1.165, 1.54) is 13.0 Å². The molecule has 0 saturated heterocycles. The summed E-state index contributed by atoms with van der Waals surface area (Å²) >= 11 is 0. The molecule has 0 heterocycles.